The number of benzene rings is 3. The second-order valence-corrected chi connectivity index (χ2v) is 9.51. The lowest BCUT2D eigenvalue weighted by atomic mass is 10.0. The topological polar surface area (TPSA) is 136 Å². The van der Waals surface area contributed by atoms with Gasteiger partial charge in [-0.2, -0.15) is 4.72 Å². The minimum Gasteiger partial charge on any atom is -0.465 e. The Morgan fingerprint density at radius 2 is 1.82 bits per heavy atom. The standard InChI is InChI=1S/C24H22N2O7S/c1-2-33-24(28)22(23(27)16-7-5-8-18(13-16)26(29)30)25-34(31,32)19-10-11-21-17(14-19)12-15-6-3-4-9-20(15)21/h3-11,13-14,22-23,25,27H,2,12H2,1H3. The molecule has 2 N–H and O–H groups in total. The van der Waals surface area contributed by atoms with Crippen LogP contribution in [0.15, 0.2) is 71.6 Å². The smallest absolute Gasteiger partial charge is 0.327 e. The van der Waals surface area contributed by atoms with Crippen molar-refractivity contribution in [3.05, 3.63) is 93.5 Å². The summed E-state index contributed by atoms with van der Waals surface area (Å²) in [6.07, 6.45) is -1.14. The molecule has 10 heteroatoms. The van der Waals surface area contributed by atoms with Gasteiger partial charge in [0.1, 0.15) is 12.1 Å². The molecule has 4 rings (SSSR count). The molecule has 0 heterocycles. The van der Waals surface area contributed by atoms with Crippen molar-refractivity contribution in [1.29, 1.82) is 0 Å². The highest BCUT2D eigenvalue weighted by Crippen LogP contribution is 2.37. The van der Waals surface area contributed by atoms with E-state index in [1.54, 1.807) is 19.1 Å². The number of ether oxygens (including phenoxy) is 1. The zero-order chi connectivity index (χ0) is 24.5. The number of aliphatic hydroxyl groups is 1. The summed E-state index contributed by atoms with van der Waals surface area (Å²) in [5.41, 5.74) is 3.59. The third-order valence-corrected chi connectivity index (χ3v) is 7.08. The normalized spacial score (nSPS) is 14.1. The fourth-order valence-electron chi connectivity index (χ4n) is 4.01. The molecule has 2 atom stereocenters. The van der Waals surface area contributed by atoms with E-state index in [4.69, 9.17) is 4.74 Å². The first-order valence-corrected chi connectivity index (χ1v) is 12.0. The minimum atomic E-state index is -4.26. The van der Waals surface area contributed by atoms with Crippen LogP contribution in [0.3, 0.4) is 0 Å². The number of sulfonamides is 1. The summed E-state index contributed by atoms with van der Waals surface area (Å²) >= 11 is 0. The van der Waals surface area contributed by atoms with Gasteiger partial charge >= 0.3 is 5.97 Å². The number of nitro groups is 1. The minimum absolute atomic E-state index is 0.000596. The third kappa shape index (κ3) is 4.56. The van der Waals surface area contributed by atoms with Gasteiger partial charge in [0.05, 0.1) is 16.4 Å². The Bertz CT molecular complexity index is 1370. The number of fused-ring (bicyclic) bond motifs is 3. The van der Waals surface area contributed by atoms with E-state index in [-0.39, 0.29) is 22.8 Å². The fourth-order valence-corrected chi connectivity index (χ4v) is 5.25. The van der Waals surface area contributed by atoms with Crippen molar-refractivity contribution in [3.8, 4) is 11.1 Å². The van der Waals surface area contributed by atoms with Crippen LogP contribution in [-0.2, 0) is 26.0 Å². The summed E-state index contributed by atoms with van der Waals surface area (Å²) in [5.74, 6) is -1.00. The van der Waals surface area contributed by atoms with E-state index < -0.39 is 33.1 Å². The summed E-state index contributed by atoms with van der Waals surface area (Å²) in [5, 5.41) is 21.9. The first-order chi connectivity index (χ1) is 16.2. The van der Waals surface area contributed by atoms with Crippen molar-refractivity contribution in [1.82, 2.24) is 4.72 Å². The first kappa shape index (κ1) is 23.6. The predicted octanol–water partition coefficient (Wildman–Crippen LogP) is 3.11. The number of hydrogen-bond acceptors (Lipinski definition) is 7. The second kappa shape index (κ2) is 9.34. The lowest BCUT2D eigenvalue weighted by molar-refractivity contribution is -0.385. The number of non-ortho nitro benzene ring substituents is 1. The van der Waals surface area contributed by atoms with Crippen LogP contribution < -0.4 is 4.72 Å². The molecule has 0 aliphatic heterocycles. The van der Waals surface area contributed by atoms with Crippen molar-refractivity contribution in [2.45, 2.75) is 30.4 Å². The van der Waals surface area contributed by atoms with Crippen molar-refractivity contribution < 1.29 is 28.0 Å². The number of aliphatic hydroxyl groups excluding tert-OH is 1. The van der Waals surface area contributed by atoms with Crippen LogP contribution in [0.1, 0.15) is 29.7 Å². The SMILES string of the molecule is CCOC(=O)C(NS(=O)(=O)c1ccc2c(c1)Cc1ccccc1-2)C(O)c1cccc([N+](=O)[O-])c1. The predicted molar refractivity (Wildman–Crippen MR) is 123 cm³/mol. The zero-order valence-corrected chi connectivity index (χ0v) is 19.0. The molecule has 0 fully saturated rings. The van der Waals surface area contributed by atoms with Crippen molar-refractivity contribution in [2.75, 3.05) is 6.61 Å². The maximum Gasteiger partial charge on any atom is 0.327 e. The molecule has 0 aromatic heterocycles. The van der Waals surface area contributed by atoms with E-state index in [9.17, 15) is 28.4 Å². The summed E-state index contributed by atoms with van der Waals surface area (Å²) in [6.45, 7) is 1.50. The number of nitrogens with zero attached hydrogens (tertiary/aromatic N) is 1. The molecule has 0 saturated carbocycles. The molecule has 34 heavy (non-hydrogen) atoms. The Balaban J connectivity index is 1.65. The highest BCUT2D eigenvalue weighted by Gasteiger charge is 2.35. The van der Waals surface area contributed by atoms with Crippen LogP contribution in [0.4, 0.5) is 5.69 Å². The summed E-state index contributed by atoms with van der Waals surface area (Å²) in [4.78, 5) is 22.9. The van der Waals surface area contributed by atoms with Crippen LogP contribution in [-0.4, -0.2) is 37.1 Å². The maximum absolute atomic E-state index is 13.2. The Kier molecular flexibility index (Phi) is 6.47. The number of carbonyl (C=O) groups is 1. The lowest BCUT2D eigenvalue weighted by Crippen LogP contribution is -2.45. The van der Waals surface area contributed by atoms with Gasteiger partial charge in [0.25, 0.3) is 5.69 Å². The zero-order valence-electron chi connectivity index (χ0n) is 18.2. The Morgan fingerprint density at radius 1 is 1.09 bits per heavy atom. The van der Waals surface area contributed by atoms with Gasteiger partial charge in [0.2, 0.25) is 10.0 Å². The third-order valence-electron chi connectivity index (χ3n) is 5.64. The molecule has 0 spiro atoms. The van der Waals surface area contributed by atoms with Crippen molar-refractivity contribution >= 4 is 21.7 Å². The maximum atomic E-state index is 13.2. The number of esters is 1. The van der Waals surface area contributed by atoms with Crippen LogP contribution in [0.2, 0.25) is 0 Å². The molecule has 0 amide bonds. The van der Waals surface area contributed by atoms with E-state index in [1.807, 2.05) is 24.3 Å². The summed E-state index contributed by atoms with van der Waals surface area (Å²) < 4.78 is 33.6. The molecule has 1 aliphatic rings. The molecule has 3 aromatic carbocycles. The first-order valence-electron chi connectivity index (χ1n) is 10.5. The average Bonchev–Trinajstić information content (AvgIpc) is 3.20. The van der Waals surface area contributed by atoms with Gasteiger partial charge in [-0.05, 0) is 53.3 Å². The van der Waals surface area contributed by atoms with Gasteiger partial charge in [-0.25, -0.2) is 8.42 Å². The molecule has 0 radical (unpaired) electrons. The highest BCUT2D eigenvalue weighted by atomic mass is 32.2. The van der Waals surface area contributed by atoms with E-state index >= 15 is 0 Å². The van der Waals surface area contributed by atoms with Gasteiger partial charge < -0.3 is 9.84 Å². The quantitative estimate of drug-likeness (QED) is 0.224. The molecule has 9 nitrogen and oxygen atoms in total. The van der Waals surface area contributed by atoms with Gasteiger partial charge in [-0.1, -0.05) is 42.5 Å². The van der Waals surface area contributed by atoms with Gasteiger partial charge in [-0.3, -0.25) is 14.9 Å². The van der Waals surface area contributed by atoms with E-state index in [0.29, 0.717) is 6.42 Å². The van der Waals surface area contributed by atoms with Gasteiger partial charge in [-0.15, -0.1) is 0 Å². The second-order valence-electron chi connectivity index (χ2n) is 7.80. The number of hydrogen-bond donors (Lipinski definition) is 2. The van der Waals surface area contributed by atoms with Crippen LogP contribution in [0, 0.1) is 10.1 Å². The monoisotopic (exact) mass is 482 g/mol. The van der Waals surface area contributed by atoms with Gasteiger partial charge in [0.15, 0.2) is 0 Å². The molecule has 3 aromatic rings. The van der Waals surface area contributed by atoms with Crippen molar-refractivity contribution in [2.24, 2.45) is 0 Å². The van der Waals surface area contributed by atoms with Crippen LogP contribution in [0.25, 0.3) is 11.1 Å². The number of nitrogens with one attached hydrogen (secondary N) is 1. The molecule has 2 unspecified atom stereocenters. The summed E-state index contributed by atoms with van der Waals surface area (Å²) in [6, 6.07) is 15.8. The summed E-state index contributed by atoms with van der Waals surface area (Å²) in [7, 11) is -4.26. The Hall–Kier alpha value is -3.60. The Labute approximate surface area is 196 Å². The van der Waals surface area contributed by atoms with Gasteiger partial charge in [0, 0.05) is 12.1 Å². The molecular weight excluding hydrogens is 460 g/mol. The molecule has 0 saturated heterocycles. The molecular formula is C24H22N2O7S. The molecule has 176 valence electrons. The largest absolute Gasteiger partial charge is 0.465 e. The number of carbonyl (C=O) groups excluding carboxylic acids is 1. The van der Waals surface area contributed by atoms with Crippen molar-refractivity contribution in [3.63, 3.8) is 0 Å². The number of nitro benzene ring substituents is 1. The Morgan fingerprint density at radius 3 is 2.56 bits per heavy atom. The molecule has 1 aliphatic carbocycles. The highest BCUT2D eigenvalue weighted by molar-refractivity contribution is 7.89. The van der Waals surface area contributed by atoms with E-state index in [0.717, 1.165) is 28.3 Å². The fraction of sp³-hybridized carbons (Fsp3) is 0.208. The lowest BCUT2D eigenvalue weighted by Gasteiger charge is -2.23. The van der Waals surface area contributed by atoms with E-state index in [1.165, 1.54) is 24.3 Å². The van der Waals surface area contributed by atoms with E-state index in [2.05, 4.69) is 4.72 Å². The van der Waals surface area contributed by atoms with Crippen LogP contribution in [0.5, 0.6) is 0 Å². The average molecular weight is 483 g/mol. The molecule has 0 bridgehead atoms. The van der Waals surface area contributed by atoms with Crippen LogP contribution >= 0.6 is 0 Å². The number of rotatable bonds is 8.